The summed E-state index contributed by atoms with van der Waals surface area (Å²) in [7, 11) is 0. The maximum absolute atomic E-state index is 2.25. The fourth-order valence-electron chi connectivity index (χ4n) is 2.36. The van der Waals surface area contributed by atoms with Crippen molar-refractivity contribution in [1.82, 2.24) is 0 Å². The topological polar surface area (TPSA) is 0 Å². The molecular weight excluding hydrogens is 312 g/mol. The first-order chi connectivity index (χ1) is 12.5. The molecule has 0 unspecified atom stereocenters. The average Bonchev–Trinajstić information content (AvgIpc) is 2.64. The average molecular weight is 355 g/mol. The summed E-state index contributed by atoms with van der Waals surface area (Å²) in [5, 5.41) is 0. The second kappa shape index (κ2) is 16.9. The molecule has 2 aromatic carbocycles. The molecule has 26 heavy (non-hydrogen) atoms. The third-order valence-corrected chi connectivity index (χ3v) is 4.30. The van der Waals surface area contributed by atoms with Crippen molar-refractivity contribution in [2.45, 2.75) is 80.1 Å². The molecule has 0 aromatic heterocycles. The van der Waals surface area contributed by atoms with Gasteiger partial charge in [-0.1, -0.05) is 121 Å². The lowest BCUT2D eigenvalue weighted by atomic mass is 10.0. The molecule has 0 fully saturated rings. The van der Waals surface area contributed by atoms with Crippen LogP contribution in [0, 0.1) is 11.8 Å². The quantitative estimate of drug-likeness (QED) is 0.468. The van der Waals surface area contributed by atoms with E-state index in [0.717, 1.165) is 11.8 Å². The highest BCUT2D eigenvalue weighted by Crippen LogP contribution is 2.07. The Labute approximate surface area is 164 Å². The maximum Gasteiger partial charge on any atom is -0.0276 e. The van der Waals surface area contributed by atoms with Crippen molar-refractivity contribution >= 4 is 0 Å². The van der Waals surface area contributed by atoms with Crippen LogP contribution in [0.25, 0.3) is 0 Å². The molecule has 2 aromatic rings. The molecule has 0 saturated carbocycles. The van der Waals surface area contributed by atoms with E-state index in [1.807, 2.05) is 0 Å². The van der Waals surface area contributed by atoms with Crippen LogP contribution < -0.4 is 0 Å². The fraction of sp³-hybridized carbons (Fsp3) is 0.538. The van der Waals surface area contributed by atoms with Crippen molar-refractivity contribution < 1.29 is 0 Å². The minimum absolute atomic E-state index is 0.884. The van der Waals surface area contributed by atoms with Crippen LogP contribution in [0.1, 0.15) is 78.4 Å². The Kier molecular flexibility index (Phi) is 15.9. The summed E-state index contributed by atoms with van der Waals surface area (Å²) in [4.78, 5) is 0. The van der Waals surface area contributed by atoms with Crippen molar-refractivity contribution in [3.8, 4) is 0 Å². The SMILES string of the molecule is CCC(C)C.CCCC(C)C.c1ccc(CCCc2ccccc2)cc1. The predicted molar refractivity (Wildman–Crippen MR) is 120 cm³/mol. The van der Waals surface area contributed by atoms with E-state index in [0.29, 0.717) is 0 Å². The van der Waals surface area contributed by atoms with E-state index in [1.54, 1.807) is 0 Å². The summed E-state index contributed by atoms with van der Waals surface area (Å²) in [6.07, 6.45) is 7.59. The lowest BCUT2D eigenvalue weighted by Gasteiger charge is -2.01. The summed E-state index contributed by atoms with van der Waals surface area (Å²) in [6, 6.07) is 21.4. The minimum atomic E-state index is 0.884. The Morgan fingerprint density at radius 2 is 1.00 bits per heavy atom. The fourth-order valence-corrected chi connectivity index (χ4v) is 2.36. The highest BCUT2D eigenvalue weighted by Gasteiger charge is 1.93. The van der Waals surface area contributed by atoms with Gasteiger partial charge in [-0.05, 0) is 42.2 Å². The Morgan fingerprint density at radius 3 is 1.23 bits per heavy atom. The number of benzene rings is 2. The molecule has 0 aliphatic rings. The van der Waals surface area contributed by atoms with Gasteiger partial charge in [0.25, 0.3) is 0 Å². The molecule has 0 heterocycles. The van der Waals surface area contributed by atoms with Crippen molar-refractivity contribution in [2.75, 3.05) is 0 Å². The van der Waals surface area contributed by atoms with Gasteiger partial charge in [-0.15, -0.1) is 0 Å². The van der Waals surface area contributed by atoms with Crippen LogP contribution in [0.5, 0.6) is 0 Å². The Balaban J connectivity index is 0.000000474. The standard InChI is InChI=1S/C15H16.C6H14.C5H12/c1-3-8-14(9-4-1)12-7-13-15-10-5-2-6-11-15;1-4-5-6(2)3;1-4-5(2)3/h1-6,8-11H,7,12-13H2;6H,4-5H2,1-3H3;5H,4H2,1-3H3. The third-order valence-electron chi connectivity index (χ3n) is 4.30. The van der Waals surface area contributed by atoms with Crippen LogP contribution in [0.15, 0.2) is 60.7 Å². The van der Waals surface area contributed by atoms with E-state index >= 15 is 0 Å². The number of aryl methyl sites for hydroxylation is 2. The van der Waals surface area contributed by atoms with Crippen LogP contribution in [0.2, 0.25) is 0 Å². The summed E-state index contributed by atoms with van der Waals surface area (Å²) in [6.45, 7) is 13.4. The van der Waals surface area contributed by atoms with Crippen molar-refractivity contribution in [1.29, 1.82) is 0 Å². The second-order valence-corrected chi connectivity index (χ2v) is 7.81. The highest BCUT2D eigenvalue weighted by molar-refractivity contribution is 5.17. The molecule has 0 radical (unpaired) electrons. The number of hydrogen-bond acceptors (Lipinski definition) is 0. The molecule has 0 heteroatoms. The van der Waals surface area contributed by atoms with Gasteiger partial charge in [0.05, 0.1) is 0 Å². The van der Waals surface area contributed by atoms with Crippen LogP contribution in [-0.4, -0.2) is 0 Å². The van der Waals surface area contributed by atoms with E-state index < -0.39 is 0 Å². The van der Waals surface area contributed by atoms with Crippen LogP contribution in [0.4, 0.5) is 0 Å². The first-order valence-corrected chi connectivity index (χ1v) is 10.6. The van der Waals surface area contributed by atoms with Gasteiger partial charge in [0.1, 0.15) is 0 Å². The molecule has 2 rings (SSSR count). The van der Waals surface area contributed by atoms with E-state index in [1.165, 1.54) is 49.7 Å². The van der Waals surface area contributed by atoms with E-state index in [2.05, 4.69) is 102 Å². The Bertz CT molecular complexity index is 457. The van der Waals surface area contributed by atoms with Gasteiger partial charge in [-0.2, -0.15) is 0 Å². The highest BCUT2D eigenvalue weighted by atomic mass is 14.0. The van der Waals surface area contributed by atoms with E-state index in [-0.39, 0.29) is 0 Å². The number of rotatable bonds is 7. The molecule has 0 N–H and O–H groups in total. The zero-order valence-corrected chi connectivity index (χ0v) is 18.2. The monoisotopic (exact) mass is 354 g/mol. The van der Waals surface area contributed by atoms with Crippen LogP contribution in [-0.2, 0) is 12.8 Å². The van der Waals surface area contributed by atoms with Gasteiger partial charge in [-0.25, -0.2) is 0 Å². The van der Waals surface area contributed by atoms with Gasteiger partial charge < -0.3 is 0 Å². The largest absolute Gasteiger partial charge is 0.0654 e. The Hall–Kier alpha value is -1.56. The summed E-state index contributed by atoms with van der Waals surface area (Å²) >= 11 is 0. The van der Waals surface area contributed by atoms with Crippen molar-refractivity contribution in [2.24, 2.45) is 11.8 Å². The second-order valence-electron chi connectivity index (χ2n) is 7.81. The smallest absolute Gasteiger partial charge is 0.0276 e. The van der Waals surface area contributed by atoms with E-state index in [9.17, 15) is 0 Å². The van der Waals surface area contributed by atoms with Gasteiger partial charge in [0.15, 0.2) is 0 Å². The lowest BCUT2D eigenvalue weighted by molar-refractivity contribution is 0.576. The van der Waals surface area contributed by atoms with Crippen molar-refractivity contribution in [3.63, 3.8) is 0 Å². The van der Waals surface area contributed by atoms with Crippen LogP contribution >= 0.6 is 0 Å². The molecule has 0 atom stereocenters. The van der Waals surface area contributed by atoms with Gasteiger partial charge in [0.2, 0.25) is 0 Å². The molecule has 0 aliphatic carbocycles. The Morgan fingerprint density at radius 1 is 0.615 bits per heavy atom. The number of hydrogen-bond donors (Lipinski definition) is 0. The summed E-state index contributed by atoms with van der Waals surface area (Å²) < 4.78 is 0. The van der Waals surface area contributed by atoms with Gasteiger partial charge in [0, 0.05) is 0 Å². The minimum Gasteiger partial charge on any atom is -0.0654 e. The third kappa shape index (κ3) is 15.9. The van der Waals surface area contributed by atoms with Gasteiger partial charge in [-0.3, -0.25) is 0 Å². The molecule has 0 saturated heterocycles. The van der Waals surface area contributed by atoms with Crippen LogP contribution in [0.3, 0.4) is 0 Å². The first-order valence-electron chi connectivity index (χ1n) is 10.6. The lowest BCUT2D eigenvalue weighted by Crippen LogP contribution is -1.89. The predicted octanol–water partition coefficient (Wildman–Crippen LogP) is 8.36. The molecular formula is C26H42. The zero-order chi connectivity index (χ0) is 19.6. The summed E-state index contributed by atoms with van der Waals surface area (Å²) in [5.41, 5.74) is 2.88. The zero-order valence-electron chi connectivity index (χ0n) is 18.2. The molecule has 0 spiro atoms. The molecule has 0 aliphatic heterocycles. The molecule has 0 nitrogen and oxygen atoms in total. The molecule has 0 bridgehead atoms. The van der Waals surface area contributed by atoms with Gasteiger partial charge >= 0.3 is 0 Å². The first kappa shape index (κ1) is 24.4. The molecule has 146 valence electrons. The van der Waals surface area contributed by atoms with Crippen molar-refractivity contribution in [3.05, 3.63) is 71.8 Å². The molecule has 0 amide bonds. The summed E-state index contributed by atoms with van der Waals surface area (Å²) in [5.74, 6) is 1.78. The maximum atomic E-state index is 2.25. The normalized spacial score (nSPS) is 10.0. The van der Waals surface area contributed by atoms with E-state index in [4.69, 9.17) is 0 Å².